The molecular weight excluding hydrogens is 351 g/mol. The van der Waals surface area contributed by atoms with Gasteiger partial charge in [0.05, 0.1) is 5.52 Å². The summed E-state index contributed by atoms with van der Waals surface area (Å²) >= 11 is 0. The molecule has 1 heterocycles. The third kappa shape index (κ3) is 3.07. The second-order valence-electron chi connectivity index (χ2n) is 8.31. The Labute approximate surface area is 164 Å². The van der Waals surface area contributed by atoms with Crippen LogP contribution in [0.1, 0.15) is 43.6 Å². The molecule has 2 fully saturated rings. The van der Waals surface area contributed by atoms with Crippen LogP contribution in [0, 0.1) is 17.2 Å². The summed E-state index contributed by atoms with van der Waals surface area (Å²) in [6.45, 7) is 0. The van der Waals surface area contributed by atoms with Crippen LogP contribution in [0.4, 0.5) is 10.1 Å². The summed E-state index contributed by atoms with van der Waals surface area (Å²) < 4.78 is 13.8. The van der Waals surface area contributed by atoms with Gasteiger partial charge in [-0.1, -0.05) is 18.2 Å². The van der Waals surface area contributed by atoms with E-state index in [0.717, 1.165) is 48.7 Å². The standard InChI is InChI=1S/C24H23FN2O/c25-17-6-7-22-20(14-17)19(10-13-26-22)16-8-11-24(12-9-16)15-21(24)23(28)27-18-4-2-1-3-5-18/h1-7,10,13-14,16,21H,8-9,11-12,15H2,(H,27,28). The lowest BCUT2D eigenvalue weighted by Gasteiger charge is -2.30. The molecular formula is C24H23FN2O. The van der Waals surface area contributed by atoms with Gasteiger partial charge >= 0.3 is 0 Å². The van der Waals surface area contributed by atoms with Gasteiger partial charge in [0.25, 0.3) is 0 Å². The normalized spacial score (nSPS) is 26.3. The monoisotopic (exact) mass is 374 g/mol. The fourth-order valence-electron chi connectivity index (χ4n) is 5.02. The Balaban J connectivity index is 1.28. The highest BCUT2D eigenvalue weighted by Crippen LogP contribution is 2.63. The zero-order valence-corrected chi connectivity index (χ0v) is 15.7. The minimum Gasteiger partial charge on any atom is -0.326 e. The van der Waals surface area contributed by atoms with E-state index in [-0.39, 0.29) is 23.1 Å². The van der Waals surface area contributed by atoms with E-state index in [1.807, 2.05) is 42.6 Å². The second kappa shape index (κ2) is 6.69. The second-order valence-corrected chi connectivity index (χ2v) is 8.31. The maximum absolute atomic E-state index is 13.8. The fraction of sp³-hybridized carbons (Fsp3) is 0.333. The average molecular weight is 374 g/mol. The molecule has 0 aliphatic heterocycles. The van der Waals surface area contributed by atoms with Gasteiger partial charge in [-0.25, -0.2) is 4.39 Å². The first-order valence-electron chi connectivity index (χ1n) is 10.0. The molecule has 1 amide bonds. The molecule has 5 rings (SSSR count). The summed E-state index contributed by atoms with van der Waals surface area (Å²) in [4.78, 5) is 17.0. The number of carbonyl (C=O) groups is 1. The quantitative estimate of drug-likeness (QED) is 0.641. The lowest BCUT2D eigenvalue weighted by molar-refractivity contribution is -0.118. The van der Waals surface area contributed by atoms with E-state index in [4.69, 9.17) is 0 Å². The highest BCUT2D eigenvalue weighted by atomic mass is 19.1. The minimum atomic E-state index is -0.214. The van der Waals surface area contributed by atoms with E-state index in [1.165, 1.54) is 11.6 Å². The Bertz CT molecular complexity index is 1030. The van der Waals surface area contributed by atoms with Gasteiger partial charge in [0.2, 0.25) is 5.91 Å². The van der Waals surface area contributed by atoms with Crippen LogP contribution >= 0.6 is 0 Å². The van der Waals surface area contributed by atoms with Crippen molar-refractivity contribution in [2.75, 3.05) is 5.32 Å². The number of amides is 1. The lowest BCUT2D eigenvalue weighted by Crippen LogP contribution is -2.22. The summed E-state index contributed by atoms with van der Waals surface area (Å²) in [6, 6.07) is 16.5. The van der Waals surface area contributed by atoms with Crippen molar-refractivity contribution in [3.63, 3.8) is 0 Å². The SMILES string of the molecule is O=C(Nc1ccccc1)C1CC12CCC(c1ccnc3ccc(F)cc13)CC2. The summed E-state index contributed by atoms with van der Waals surface area (Å²) in [5.41, 5.74) is 3.09. The molecule has 3 nitrogen and oxygen atoms in total. The number of carbonyl (C=O) groups excluding carboxylic acids is 1. The highest BCUT2D eigenvalue weighted by Gasteiger charge is 2.58. The van der Waals surface area contributed by atoms with Crippen molar-refractivity contribution in [1.82, 2.24) is 4.98 Å². The Hall–Kier alpha value is -2.75. The first kappa shape index (κ1) is 17.4. The van der Waals surface area contributed by atoms with Crippen LogP contribution in [0.5, 0.6) is 0 Å². The lowest BCUT2D eigenvalue weighted by atomic mass is 9.75. The Kier molecular flexibility index (Phi) is 4.15. The molecule has 3 aromatic rings. The van der Waals surface area contributed by atoms with E-state index in [9.17, 15) is 9.18 Å². The maximum atomic E-state index is 13.8. The molecule has 2 aromatic carbocycles. The van der Waals surface area contributed by atoms with Gasteiger partial charge in [-0.15, -0.1) is 0 Å². The number of pyridine rings is 1. The smallest absolute Gasteiger partial charge is 0.228 e. The summed E-state index contributed by atoms with van der Waals surface area (Å²) in [7, 11) is 0. The van der Waals surface area contributed by atoms with Crippen molar-refractivity contribution < 1.29 is 9.18 Å². The molecule has 0 bridgehead atoms. The zero-order valence-electron chi connectivity index (χ0n) is 15.7. The van der Waals surface area contributed by atoms with Crippen molar-refractivity contribution in [3.8, 4) is 0 Å². The van der Waals surface area contributed by atoms with E-state index in [0.29, 0.717) is 5.92 Å². The third-order valence-electron chi connectivity index (χ3n) is 6.71. The average Bonchev–Trinajstić information content (AvgIpc) is 3.42. The van der Waals surface area contributed by atoms with Gasteiger partial charge in [0.1, 0.15) is 5.82 Å². The van der Waals surface area contributed by atoms with E-state index < -0.39 is 0 Å². The van der Waals surface area contributed by atoms with Crippen molar-refractivity contribution in [2.24, 2.45) is 11.3 Å². The van der Waals surface area contributed by atoms with Crippen molar-refractivity contribution in [1.29, 1.82) is 0 Å². The number of fused-ring (bicyclic) bond motifs is 1. The Morgan fingerprint density at radius 1 is 1.07 bits per heavy atom. The third-order valence-corrected chi connectivity index (χ3v) is 6.71. The van der Waals surface area contributed by atoms with Crippen LogP contribution in [0.3, 0.4) is 0 Å². The van der Waals surface area contributed by atoms with Crippen molar-refractivity contribution in [3.05, 3.63) is 72.2 Å². The van der Waals surface area contributed by atoms with Crippen LogP contribution in [0.2, 0.25) is 0 Å². The number of halogens is 1. The van der Waals surface area contributed by atoms with E-state index in [2.05, 4.69) is 10.3 Å². The first-order valence-corrected chi connectivity index (χ1v) is 10.0. The van der Waals surface area contributed by atoms with Crippen molar-refractivity contribution in [2.45, 2.75) is 38.0 Å². The number of aromatic nitrogens is 1. The summed E-state index contributed by atoms with van der Waals surface area (Å²) in [6.07, 6.45) is 7.03. The number of para-hydroxylation sites is 1. The molecule has 4 heteroatoms. The number of benzene rings is 2. The number of hydrogen-bond donors (Lipinski definition) is 1. The molecule has 28 heavy (non-hydrogen) atoms. The van der Waals surface area contributed by atoms with Gasteiger partial charge < -0.3 is 5.32 Å². The molecule has 1 atom stereocenters. The number of nitrogens with zero attached hydrogens (tertiary/aromatic N) is 1. The van der Waals surface area contributed by atoms with E-state index >= 15 is 0 Å². The minimum absolute atomic E-state index is 0.125. The molecule has 2 aliphatic carbocycles. The molecule has 1 aromatic heterocycles. The number of anilines is 1. The molecule has 0 radical (unpaired) electrons. The number of rotatable bonds is 3. The van der Waals surface area contributed by atoms with Crippen LogP contribution in [0.25, 0.3) is 10.9 Å². The van der Waals surface area contributed by atoms with Gasteiger partial charge in [0.15, 0.2) is 0 Å². The highest BCUT2D eigenvalue weighted by molar-refractivity contribution is 5.95. The van der Waals surface area contributed by atoms with Crippen LogP contribution in [0.15, 0.2) is 60.8 Å². The molecule has 1 spiro atoms. The number of nitrogens with one attached hydrogen (secondary N) is 1. The fourth-order valence-corrected chi connectivity index (χ4v) is 5.02. The van der Waals surface area contributed by atoms with Gasteiger partial charge in [-0.05, 0) is 85.4 Å². The topological polar surface area (TPSA) is 42.0 Å². The zero-order chi connectivity index (χ0) is 19.1. The van der Waals surface area contributed by atoms with E-state index in [1.54, 1.807) is 12.1 Å². The largest absolute Gasteiger partial charge is 0.326 e. The molecule has 0 saturated heterocycles. The predicted octanol–water partition coefficient (Wildman–Crippen LogP) is 5.68. The van der Waals surface area contributed by atoms with Crippen LogP contribution < -0.4 is 5.32 Å². The summed E-state index contributed by atoms with van der Waals surface area (Å²) in [5, 5.41) is 3.99. The van der Waals surface area contributed by atoms with Gasteiger partial charge in [-0.2, -0.15) is 0 Å². The van der Waals surface area contributed by atoms with Gasteiger partial charge in [-0.3, -0.25) is 9.78 Å². The molecule has 1 unspecified atom stereocenters. The maximum Gasteiger partial charge on any atom is 0.228 e. The number of hydrogen-bond acceptors (Lipinski definition) is 2. The molecule has 142 valence electrons. The van der Waals surface area contributed by atoms with Crippen LogP contribution in [-0.2, 0) is 4.79 Å². The molecule has 1 N–H and O–H groups in total. The molecule has 2 saturated carbocycles. The molecule has 2 aliphatic rings. The predicted molar refractivity (Wildman–Crippen MR) is 109 cm³/mol. The Morgan fingerprint density at radius 2 is 1.86 bits per heavy atom. The summed E-state index contributed by atoms with van der Waals surface area (Å²) in [5.74, 6) is 0.478. The Morgan fingerprint density at radius 3 is 2.64 bits per heavy atom. The van der Waals surface area contributed by atoms with Crippen LogP contribution in [-0.4, -0.2) is 10.9 Å². The first-order chi connectivity index (χ1) is 13.6. The van der Waals surface area contributed by atoms with Gasteiger partial charge in [0, 0.05) is 23.2 Å². The van der Waals surface area contributed by atoms with Crippen molar-refractivity contribution >= 4 is 22.5 Å².